The van der Waals surface area contributed by atoms with Crippen LogP contribution in [0.5, 0.6) is 0 Å². The summed E-state index contributed by atoms with van der Waals surface area (Å²) in [5, 5.41) is 15.4. The van der Waals surface area contributed by atoms with Gasteiger partial charge in [0.1, 0.15) is 6.04 Å². The van der Waals surface area contributed by atoms with E-state index in [-0.39, 0.29) is 29.1 Å². The molecule has 7 nitrogen and oxygen atoms in total. The Kier molecular flexibility index (Phi) is 6.54. The first-order chi connectivity index (χ1) is 15.4. The van der Waals surface area contributed by atoms with E-state index in [1.807, 2.05) is 37.3 Å². The molecular weight excluding hydrogens is 426 g/mol. The van der Waals surface area contributed by atoms with Crippen molar-refractivity contribution in [1.82, 2.24) is 15.5 Å². The first-order valence-electron chi connectivity index (χ1n) is 11.6. The number of aliphatic hydroxyl groups is 1. The zero-order valence-electron chi connectivity index (χ0n) is 18.8. The van der Waals surface area contributed by atoms with Crippen molar-refractivity contribution in [3.05, 3.63) is 35.9 Å². The number of fused-ring (bicyclic) bond motifs is 1. The number of carbonyl (C=O) groups is 3. The van der Waals surface area contributed by atoms with E-state index in [9.17, 15) is 19.5 Å². The van der Waals surface area contributed by atoms with E-state index in [4.69, 9.17) is 0 Å². The molecule has 3 aliphatic rings. The van der Waals surface area contributed by atoms with E-state index in [0.717, 1.165) is 24.8 Å². The molecule has 4 rings (SSSR count). The number of rotatable bonds is 9. The summed E-state index contributed by atoms with van der Waals surface area (Å²) in [7, 11) is 0. The Labute approximate surface area is 193 Å². The van der Waals surface area contributed by atoms with Gasteiger partial charge in [0, 0.05) is 31.0 Å². The zero-order valence-corrected chi connectivity index (χ0v) is 19.6. The Morgan fingerprint density at radius 1 is 1.19 bits per heavy atom. The van der Waals surface area contributed by atoms with Crippen LogP contribution in [0.15, 0.2) is 30.3 Å². The van der Waals surface area contributed by atoms with E-state index in [2.05, 4.69) is 17.6 Å². The highest BCUT2D eigenvalue weighted by Gasteiger charge is 2.76. The topological polar surface area (TPSA) is 98.7 Å². The molecular formula is C24H33N3O4S. The maximum atomic E-state index is 13.7. The molecule has 2 unspecified atom stereocenters. The van der Waals surface area contributed by atoms with Gasteiger partial charge < -0.3 is 20.6 Å². The number of thioether (sulfide) groups is 1. The smallest absolute Gasteiger partial charge is 0.244 e. The van der Waals surface area contributed by atoms with Crippen LogP contribution in [-0.4, -0.2) is 63.0 Å². The molecule has 2 bridgehead atoms. The van der Waals surface area contributed by atoms with E-state index in [0.29, 0.717) is 26.1 Å². The molecule has 32 heavy (non-hydrogen) atoms. The third kappa shape index (κ3) is 3.71. The fourth-order valence-electron chi connectivity index (χ4n) is 5.85. The molecule has 1 aromatic rings. The number of benzene rings is 1. The molecule has 0 aromatic heterocycles. The van der Waals surface area contributed by atoms with Crippen LogP contribution in [0.3, 0.4) is 0 Å². The number of likely N-dealkylation sites (tertiary alicyclic amines) is 1. The van der Waals surface area contributed by atoms with Gasteiger partial charge in [-0.05, 0) is 38.2 Å². The van der Waals surface area contributed by atoms with Gasteiger partial charge in [-0.3, -0.25) is 14.4 Å². The summed E-state index contributed by atoms with van der Waals surface area (Å²) in [6.45, 7) is 5.32. The SMILES string of the molecule is CCCNC(=O)[C@@H]1[C@H]2C(=O)N(CCCO)C(C(=O)NCc3ccccc3)C23CC[C@@]1(C)S3. The van der Waals surface area contributed by atoms with Crippen LogP contribution in [0.4, 0.5) is 0 Å². The van der Waals surface area contributed by atoms with Crippen LogP contribution in [0, 0.1) is 11.8 Å². The van der Waals surface area contributed by atoms with E-state index in [1.165, 1.54) is 0 Å². The van der Waals surface area contributed by atoms with Gasteiger partial charge in [0.05, 0.1) is 16.6 Å². The number of carbonyl (C=O) groups excluding carboxylic acids is 3. The van der Waals surface area contributed by atoms with Crippen molar-refractivity contribution in [2.45, 2.75) is 61.6 Å². The van der Waals surface area contributed by atoms with Gasteiger partial charge in [0.2, 0.25) is 17.7 Å². The lowest BCUT2D eigenvalue weighted by Crippen LogP contribution is -2.54. The second-order valence-electron chi connectivity index (χ2n) is 9.33. The van der Waals surface area contributed by atoms with Gasteiger partial charge in [-0.1, -0.05) is 37.3 Å². The number of amides is 3. The monoisotopic (exact) mass is 459 g/mol. The van der Waals surface area contributed by atoms with Gasteiger partial charge in [-0.2, -0.15) is 0 Å². The molecule has 3 heterocycles. The first kappa shape index (κ1) is 23.1. The van der Waals surface area contributed by atoms with Crippen LogP contribution in [0.25, 0.3) is 0 Å². The molecule has 3 N–H and O–H groups in total. The molecule has 3 amide bonds. The van der Waals surface area contributed by atoms with Crippen LogP contribution in [-0.2, 0) is 20.9 Å². The molecule has 3 aliphatic heterocycles. The van der Waals surface area contributed by atoms with Crippen molar-refractivity contribution in [2.24, 2.45) is 11.8 Å². The van der Waals surface area contributed by atoms with Gasteiger partial charge in [-0.25, -0.2) is 0 Å². The summed E-state index contributed by atoms with van der Waals surface area (Å²) in [5.74, 6) is -1.31. The summed E-state index contributed by atoms with van der Waals surface area (Å²) >= 11 is 1.67. The number of nitrogens with one attached hydrogen (secondary N) is 2. The Balaban J connectivity index is 1.63. The lowest BCUT2D eigenvalue weighted by molar-refractivity contribution is -0.140. The Bertz CT molecular complexity index is 881. The van der Waals surface area contributed by atoms with Crippen molar-refractivity contribution in [3.8, 4) is 0 Å². The molecule has 5 atom stereocenters. The van der Waals surface area contributed by atoms with E-state index in [1.54, 1.807) is 16.7 Å². The highest BCUT2D eigenvalue weighted by molar-refractivity contribution is 8.02. The van der Waals surface area contributed by atoms with Gasteiger partial charge in [-0.15, -0.1) is 11.8 Å². The third-order valence-corrected chi connectivity index (χ3v) is 9.21. The van der Waals surface area contributed by atoms with Gasteiger partial charge in [0.15, 0.2) is 0 Å². The van der Waals surface area contributed by atoms with Crippen LogP contribution in [0.1, 0.15) is 45.1 Å². The molecule has 0 radical (unpaired) electrons. The summed E-state index contributed by atoms with van der Waals surface area (Å²) in [5.41, 5.74) is 0.994. The predicted molar refractivity (Wildman–Crippen MR) is 124 cm³/mol. The highest BCUT2D eigenvalue weighted by Crippen LogP contribution is 2.71. The average molecular weight is 460 g/mol. The highest BCUT2D eigenvalue weighted by atomic mass is 32.2. The predicted octanol–water partition coefficient (Wildman–Crippen LogP) is 1.69. The van der Waals surface area contributed by atoms with Gasteiger partial charge in [0.25, 0.3) is 0 Å². The second kappa shape index (κ2) is 9.06. The lowest BCUT2D eigenvalue weighted by Gasteiger charge is -2.34. The number of hydrogen-bond donors (Lipinski definition) is 3. The van der Waals surface area contributed by atoms with E-state index >= 15 is 0 Å². The fourth-order valence-corrected chi connectivity index (χ4v) is 8.20. The minimum Gasteiger partial charge on any atom is -0.396 e. The van der Waals surface area contributed by atoms with Crippen molar-refractivity contribution >= 4 is 29.5 Å². The Hall–Kier alpha value is -2.06. The van der Waals surface area contributed by atoms with Crippen molar-refractivity contribution in [1.29, 1.82) is 0 Å². The largest absolute Gasteiger partial charge is 0.396 e. The molecule has 0 saturated carbocycles. The lowest BCUT2D eigenvalue weighted by atomic mass is 9.66. The molecule has 174 valence electrons. The van der Waals surface area contributed by atoms with Crippen molar-refractivity contribution in [3.63, 3.8) is 0 Å². The number of hydrogen-bond acceptors (Lipinski definition) is 5. The van der Waals surface area contributed by atoms with Crippen LogP contribution in [0.2, 0.25) is 0 Å². The molecule has 1 aromatic carbocycles. The summed E-state index contributed by atoms with van der Waals surface area (Å²) in [4.78, 5) is 42.0. The molecule has 3 saturated heterocycles. The average Bonchev–Trinajstić information content (AvgIpc) is 3.36. The van der Waals surface area contributed by atoms with Crippen molar-refractivity contribution < 1.29 is 19.5 Å². The minimum atomic E-state index is -0.633. The Morgan fingerprint density at radius 2 is 1.94 bits per heavy atom. The summed E-state index contributed by atoms with van der Waals surface area (Å²) in [6, 6.07) is 9.06. The first-order valence-corrected chi connectivity index (χ1v) is 12.4. The molecule has 3 fully saturated rings. The van der Waals surface area contributed by atoms with Gasteiger partial charge >= 0.3 is 0 Å². The normalized spacial score (nSPS) is 32.8. The standard InChI is InChI=1S/C24H33N3O4S/c1-3-12-25-20(29)17-18-22(31)27(13-7-14-28)19(24(18)11-10-23(17,2)32-24)21(30)26-15-16-8-5-4-6-9-16/h4-6,8-9,17-19,28H,3,7,10-15H2,1-2H3,(H,25,29)(H,26,30)/t17-,18-,19?,23+,24?/m0/s1. The van der Waals surface area contributed by atoms with Crippen molar-refractivity contribution in [2.75, 3.05) is 19.7 Å². The number of nitrogens with zero attached hydrogens (tertiary/aromatic N) is 1. The molecule has 0 aliphatic carbocycles. The number of aliphatic hydroxyl groups excluding tert-OH is 1. The maximum absolute atomic E-state index is 13.7. The van der Waals surface area contributed by atoms with Crippen LogP contribution < -0.4 is 10.6 Å². The quantitative estimate of drug-likeness (QED) is 0.522. The zero-order chi connectivity index (χ0) is 22.9. The summed E-state index contributed by atoms with van der Waals surface area (Å²) in [6.07, 6.45) is 2.79. The molecule has 8 heteroatoms. The van der Waals surface area contributed by atoms with Crippen LogP contribution >= 0.6 is 11.8 Å². The summed E-state index contributed by atoms with van der Waals surface area (Å²) < 4.78 is -0.949. The third-order valence-electron chi connectivity index (χ3n) is 7.22. The van der Waals surface area contributed by atoms with E-state index < -0.39 is 22.6 Å². The fraction of sp³-hybridized carbons (Fsp3) is 0.625. The minimum absolute atomic E-state index is 0.0505. The maximum Gasteiger partial charge on any atom is 0.244 e. The Morgan fingerprint density at radius 3 is 2.62 bits per heavy atom. The second-order valence-corrected chi connectivity index (χ2v) is 11.2. The molecule has 1 spiro atoms.